The molecule has 2 heteroatoms. The Morgan fingerprint density at radius 1 is 1.50 bits per heavy atom. The molecule has 10 heavy (non-hydrogen) atoms. The summed E-state index contributed by atoms with van der Waals surface area (Å²) in [5.41, 5.74) is -0.101. The molecule has 1 saturated carbocycles. The molecular formula is C8H12NO. The molecule has 0 atom stereocenters. The SMILES string of the molecule is CC1(N=C=O)CC[CH]CC1. The topological polar surface area (TPSA) is 29.4 Å². The number of aliphatic imine (C=N–C) groups is 1. The van der Waals surface area contributed by atoms with Gasteiger partial charge in [0, 0.05) is 0 Å². The van der Waals surface area contributed by atoms with Crippen molar-refractivity contribution >= 4 is 6.08 Å². The van der Waals surface area contributed by atoms with Crippen molar-refractivity contribution < 1.29 is 4.79 Å². The summed E-state index contributed by atoms with van der Waals surface area (Å²) in [5.74, 6) is 0. The van der Waals surface area contributed by atoms with E-state index in [9.17, 15) is 4.79 Å². The summed E-state index contributed by atoms with van der Waals surface area (Å²) in [4.78, 5) is 13.8. The molecule has 0 bridgehead atoms. The van der Waals surface area contributed by atoms with Crippen LogP contribution in [0.15, 0.2) is 4.99 Å². The van der Waals surface area contributed by atoms with Crippen LogP contribution in [0.2, 0.25) is 0 Å². The quantitative estimate of drug-likeness (QED) is 0.401. The number of hydrogen-bond acceptors (Lipinski definition) is 2. The fourth-order valence-corrected chi connectivity index (χ4v) is 1.32. The minimum atomic E-state index is -0.101. The predicted molar refractivity (Wildman–Crippen MR) is 39.3 cm³/mol. The molecule has 1 fully saturated rings. The zero-order chi connectivity index (χ0) is 7.45. The van der Waals surface area contributed by atoms with E-state index in [0.717, 1.165) is 25.7 Å². The lowest BCUT2D eigenvalue weighted by Gasteiger charge is -2.27. The third-order valence-electron chi connectivity index (χ3n) is 2.09. The molecule has 55 valence electrons. The Labute approximate surface area is 61.3 Å². The Hall–Kier alpha value is -0.620. The summed E-state index contributed by atoms with van der Waals surface area (Å²) in [5, 5.41) is 0. The largest absolute Gasteiger partial charge is 0.235 e. The molecular weight excluding hydrogens is 126 g/mol. The van der Waals surface area contributed by atoms with Crippen LogP contribution in [0.1, 0.15) is 32.6 Å². The Balaban J connectivity index is 2.56. The Morgan fingerprint density at radius 2 is 2.10 bits per heavy atom. The first kappa shape index (κ1) is 7.49. The van der Waals surface area contributed by atoms with Gasteiger partial charge >= 0.3 is 0 Å². The van der Waals surface area contributed by atoms with Crippen molar-refractivity contribution in [2.75, 3.05) is 0 Å². The minimum absolute atomic E-state index is 0.101. The molecule has 0 amide bonds. The molecule has 0 aliphatic heterocycles. The third-order valence-corrected chi connectivity index (χ3v) is 2.09. The van der Waals surface area contributed by atoms with Crippen LogP contribution in [0, 0.1) is 6.42 Å². The average Bonchev–Trinajstić information content (AvgIpc) is 1.89. The van der Waals surface area contributed by atoms with Crippen molar-refractivity contribution in [1.29, 1.82) is 0 Å². The molecule has 0 spiro atoms. The molecule has 1 rings (SSSR count). The fraction of sp³-hybridized carbons (Fsp3) is 0.750. The first-order valence-corrected chi connectivity index (χ1v) is 3.67. The van der Waals surface area contributed by atoms with Crippen molar-refractivity contribution in [2.45, 2.75) is 38.1 Å². The van der Waals surface area contributed by atoms with Crippen molar-refractivity contribution in [2.24, 2.45) is 4.99 Å². The Kier molecular flexibility index (Phi) is 2.23. The standard InChI is InChI=1S/C8H12NO/c1-8(9-7-10)5-3-2-4-6-8/h2H,3-6H2,1H3. The summed E-state index contributed by atoms with van der Waals surface area (Å²) in [6.45, 7) is 2.02. The predicted octanol–water partition coefficient (Wildman–Crippen LogP) is 1.86. The van der Waals surface area contributed by atoms with Gasteiger partial charge in [-0.2, -0.15) is 4.99 Å². The maximum atomic E-state index is 9.98. The molecule has 0 aromatic heterocycles. The molecule has 1 aliphatic rings. The monoisotopic (exact) mass is 138 g/mol. The molecule has 0 aromatic rings. The van der Waals surface area contributed by atoms with Crippen molar-refractivity contribution in [3.05, 3.63) is 6.42 Å². The lowest BCUT2D eigenvalue weighted by Crippen LogP contribution is -2.24. The van der Waals surface area contributed by atoms with Gasteiger partial charge in [0.25, 0.3) is 0 Å². The van der Waals surface area contributed by atoms with Gasteiger partial charge in [0.1, 0.15) is 0 Å². The number of carbonyl (C=O) groups excluding carboxylic acids is 1. The van der Waals surface area contributed by atoms with Crippen LogP contribution < -0.4 is 0 Å². The van der Waals surface area contributed by atoms with Gasteiger partial charge in [-0.25, -0.2) is 4.79 Å². The zero-order valence-corrected chi connectivity index (χ0v) is 6.26. The summed E-state index contributed by atoms with van der Waals surface area (Å²) in [6, 6.07) is 0. The maximum Gasteiger partial charge on any atom is 0.235 e. The van der Waals surface area contributed by atoms with Gasteiger partial charge in [-0.15, -0.1) is 0 Å². The van der Waals surface area contributed by atoms with Crippen LogP contribution in [-0.2, 0) is 4.79 Å². The lowest BCUT2D eigenvalue weighted by molar-refractivity contribution is 0.363. The van der Waals surface area contributed by atoms with Crippen molar-refractivity contribution in [3.8, 4) is 0 Å². The van der Waals surface area contributed by atoms with E-state index in [2.05, 4.69) is 11.4 Å². The van der Waals surface area contributed by atoms with Gasteiger partial charge < -0.3 is 0 Å². The van der Waals surface area contributed by atoms with Gasteiger partial charge in [-0.3, -0.25) is 0 Å². The summed E-state index contributed by atoms with van der Waals surface area (Å²) in [7, 11) is 0. The molecule has 0 heterocycles. The number of hydrogen-bond donors (Lipinski definition) is 0. The number of rotatable bonds is 1. The normalized spacial score (nSPS) is 23.3. The molecule has 1 aliphatic carbocycles. The van der Waals surface area contributed by atoms with E-state index in [0.29, 0.717) is 0 Å². The smallest absolute Gasteiger partial charge is 0.211 e. The molecule has 0 saturated heterocycles. The van der Waals surface area contributed by atoms with Crippen LogP contribution >= 0.6 is 0 Å². The maximum absolute atomic E-state index is 9.98. The first-order chi connectivity index (χ1) is 4.77. The average molecular weight is 138 g/mol. The van der Waals surface area contributed by atoms with E-state index in [4.69, 9.17) is 0 Å². The molecule has 0 unspecified atom stereocenters. The van der Waals surface area contributed by atoms with E-state index in [1.165, 1.54) is 0 Å². The van der Waals surface area contributed by atoms with E-state index in [-0.39, 0.29) is 5.54 Å². The highest BCUT2D eigenvalue weighted by atomic mass is 16.1. The molecule has 0 N–H and O–H groups in total. The zero-order valence-electron chi connectivity index (χ0n) is 6.26. The van der Waals surface area contributed by atoms with Crippen molar-refractivity contribution in [1.82, 2.24) is 0 Å². The Morgan fingerprint density at radius 3 is 2.60 bits per heavy atom. The van der Waals surface area contributed by atoms with Crippen LogP contribution in [-0.4, -0.2) is 11.6 Å². The molecule has 2 nitrogen and oxygen atoms in total. The highest BCUT2D eigenvalue weighted by Gasteiger charge is 2.25. The summed E-state index contributed by atoms with van der Waals surface area (Å²) in [6.07, 6.45) is 8.07. The van der Waals surface area contributed by atoms with Crippen LogP contribution in [0.5, 0.6) is 0 Å². The van der Waals surface area contributed by atoms with Crippen molar-refractivity contribution in [3.63, 3.8) is 0 Å². The lowest BCUT2D eigenvalue weighted by atomic mass is 9.84. The fourth-order valence-electron chi connectivity index (χ4n) is 1.32. The second-order valence-corrected chi connectivity index (χ2v) is 3.07. The highest BCUT2D eigenvalue weighted by Crippen LogP contribution is 2.29. The van der Waals surface area contributed by atoms with E-state index < -0.39 is 0 Å². The summed E-state index contributed by atoms with van der Waals surface area (Å²) < 4.78 is 0. The second kappa shape index (κ2) is 2.98. The highest BCUT2D eigenvalue weighted by molar-refractivity contribution is 5.34. The molecule has 0 aromatic carbocycles. The molecule has 1 radical (unpaired) electrons. The third kappa shape index (κ3) is 1.68. The van der Waals surface area contributed by atoms with E-state index in [1.807, 2.05) is 6.92 Å². The second-order valence-electron chi connectivity index (χ2n) is 3.07. The van der Waals surface area contributed by atoms with Gasteiger partial charge in [0.05, 0.1) is 5.54 Å². The Bertz CT molecular complexity index is 153. The van der Waals surface area contributed by atoms with E-state index >= 15 is 0 Å². The van der Waals surface area contributed by atoms with Gasteiger partial charge in [-0.1, -0.05) is 0 Å². The van der Waals surface area contributed by atoms with Crippen LogP contribution in [0.3, 0.4) is 0 Å². The summed E-state index contributed by atoms with van der Waals surface area (Å²) >= 11 is 0. The number of isocyanates is 1. The van der Waals surface area contributed by atoms with Crippen LogP contribution in [0.4, 0.5) is 0 Å². The first-order valence-electron chi connectivity index (χ1n) is 3.67. The van der Waals surface area contributed by atoms with Crippen LogP contribution in [0.25, 0.3) is 0 Å². The van der Waals surface area contributed by atoms with Gasteiger partial charge in [0.2, 0.25) is 6.08 Å². The minimum Gasteiger partial charge on any atom is -0.211 e. The number of nitrogens with zero attached hydrogens (tertiary/aromatic N) is 1. The van der Waals surface area contributed by atoms with E-state index in [1.54, 1.807) is 6.08 Å². The van der Waals surface area contributed by atoms with Gasteiger partial charge in [-0.05, 0) is 39.0 Å². The van der Waals surface area contributed by atoms with Gasteiger partial charge in [0.15, 0.2) is 0 Å².